The monoisotopic (exact) mass is 445 g/mol. The molecule has 1 N–H and O–H groups in total. The Morgan fingerprint density at radius 3 is 2.74 bits per heavy atom. The Labute approximate surface area is 162 Å². The second kappa shape index (κ2) is 8.42. The zero-order valence-electron chi connectivity index (χ0n) is 14.9. The van der Waals surface area contributed by atoms with Crippen LogP contribution in [-0.2, 0) is 11.3 Å². The quantitative estimate of drug-likeness (QED) is 0.763. The van der Waals surface area contributed by atoms with Crippen LogP contribution in [0.2, 0.25) is 0 Å². The highest BCUT2D eigenvalue weighted by Gasteiger charge is 2.17. The van der Waals surface area contributed by atoms with Gasteiger partial charge in [0.1, 0.15) is 12.9 Å². The lowest BCUT2D eigenvalue weighted by atomic mass is 10.1. The van der Waals surface area contributed by atoms with Crippen LogP contribution in [0.15, 0.2) is 39.8 Å². The van der Waals surface area contributed by atoms with Crippen molar-refractivity contribution in [3.8, 4) is 5.82 Å². The fourth-order valence-corrected chi connectivity index (χ4v) is 2.28. The second-order valence-corrected chi connectivity index (χ2v) is 7.53. The first kappa shape index (κ1) is 20.7. The van der Waals surface area contributed by atoms with E-state index in [0.717, 1.165) is 21.6 Å². The lowest BCUT2D eigenvalue weighted by molar-refractivity contribution is 0.145. The SMILES string of the molecule is CC(C)(C)NC(=O)OC/C(=C\F)Cn1ncn(-c2ncc(Br)cc2F)c1=O. The first-order chi connectivity index (χ1) is 12.6. The molecule has 1 amide bonds. The van der Waals surface area contributed by atoms with Crippen LogP contribution in [0.25, 0.3) is 5.82 Å². The van der Waals surface area contributed by atoms with Crippen LogP contribution >= 0.6 is 15.9 Å². The number of rotatable bonds is 5. The molecule has 0 aliphatic carbocycles. The molecule has 0 atom stereocenters. The summed E-state index contributed by atoms with van der Waals surface area (Å²) in [4.78, 5) is 27.8. The van der Waals surface area contributed by atoms with Crippen molar-refractivity contribution >= 4 is 22.0 Å². The van der Waals surface area contributed by atoms with Crippen molar-refractivity contribution in [3.63, 3.8) is 0 Å². The Hall–Kier alpha value is -2.56. The van der Waals surface area contributed by atoms with E-state index in [4.69, 9.17) is 4.74 Å². The van der Waals surface area contributed by atoms with Crippen LogP contribution < -0.4 is 11.0 Å². The van der Waals surface area contributed by atoms with Crippen molar-refractivity contribution in [2.24, 2.45) is 0 Å². The number of carbonyl (C=O) groups excluding carboxylic acids is 1. The summed E-state index contributed by atoms with van der Waals surface area (Å²) in [5.74, 6) is -0.963. The van der Waals surface area contributed by atoms with Gasteiger partial charge in [-0.05, 0) is 42.8 Å². The molecule has 2 heterocycles. The minimum Gasteiger partial charge on any atom is -0.445 e. The van der Waals surface area contributed by atoms with Gasteiger partial charge in [-0.3, -0.25) is 0 Å². The van der Waals surface area contributed by atoms with Crippen LogP contribution in [0.3, 0.4) is 0 Å². The van der Waals surface area contributed by atoms with Crippen molar-refractivity contribution in [1.29, 1.82) is 0 Å². The van der Waals surface area contributed by atoms with E-state index in [1.54, 1.807) is 20.8 Å². The summed E-state index contributed by atoms with van der Waals surface area (Å²) in [7, 11) is 0. The summed E-state index contributed by atoms with van der Waals surface area (Å²) in [6.07, 6.45) is 1.91. The third-order valence-electron chi connectivity index (χ3n) is 3.12. The number of carbonyl (C=O) groups is 1. The molecule has 2 aromatic heterocycles. The summed E-state index contributed by atoms with van der Waals surface area (Å²) in [5.41, 5.74) is -1.23. The van der Waals surface area contributed by atoms with Crippen molar-refractivity contribution in [2.75, 3.05) is 6.61 Å². The maximum atomic E-state index is 14.0. The Kier molecular flexibility index (Phi) is 6.47. The molecule has 27 heavy (non-hydrogen) atoms. The van der Waals surface area contributed by atoms with Crippen molar-refractivity contribution in [2.45, 2.75) is 32.9 Å². The van der Waals surface area contributed by atoms with Gasteiger partial charge in [-0.1, -0.05) is 0 Å². The average molecular weight is 446 g/mol. The lowest BCUT2D eigenvalue weighted by Crippen LogP contribution is -2.41. The van der Waals surface area contributed by atoms with Gasteiger partial charge < -0.3 is 10.1 Å². The third kappa shape index (κ3) is 5.71. The average Bonchev–Trinajstić information content (AvgIpc) is 2.90. The fourth-order valence-electron chi connectivity index (χ4n) is 1.98. The van der Waals surface area contributed by atoms with Crippen molar-refractivity contribution < 1.29 is 18.3 Å². The fraction of sp³-hybridized carbons (Fsp3) is 0.375. The van der Waals surface area contributed by atoms with Gasteiger partial charge in [0.2, 0.25) is 0 Å². The molecule has 0 saturated heterocycles. The summed E-state index contributed by atoms with van der Waals surface area (Å²) in [6, 6.07) is 1.15. The Morgan fingerprint density at radius 2 is 2.15 bits per heavy atom. The van der Waals surface area contributed by atoms with Gasteiger partial charge in [-0.25, -0.2) is 32.6 Å². The molecule has 146 valence electrons. The Morgan fingerprint density at radius 1 is 1.44 bits per heavy atom. The molecule has 11 heteroatoms. The van der Waals surface area contributed by atoms with Crippen LogP contribution in [-0.4, -0.2) is 37.6 Å². The number of aromatic nitrogens is 4. The molecule has 0 unspecified atom stereocenters. The zero-order valence-corrected chi connectivity index (χ0v) is 16.5. The van der Waals surface area contributed by atoms with E-state index in [9.17, 15) is 18.4 Å². The molecule has 0 radical (unpaired) electrons. The molecule has 0 bridgehead atoms. The van der Waals surface area contributed by atoms with E-state index in [0.29, 0.717) is 4.47 Å². The molecule has 8 nitrogen and oxygen atoms in total. The van der Waals surface area contributed by atoms with E-state index >= 15 is 0 Å². The predicted octanol–water partition coefficient (Wildman–Crippen LogP) is 2.71. The predicted molar refractivity (Wildman–Crippen MR) is 96.7 cm³/mol. The number of halogens is 3. The second-order valence-electron chi connectivity index (χ2n) is 6.62. The topological polar surface area (TPSA) is 91.0 Å². The van der Waals surface area contributed by atoms with Crippen LogP contribution in [0, 0.1) is 5.82 Å². The number of pyridine rings is 1. The number of amides is 1. The maximum absolute atomic E-state index is 14.0. The van der Waals surface area contributed by atoms with Gasteiger partial charge in [-0.2, -0.15) is 5.10 Å². The minimum atomic E-state index is -0.727. The van der Waals surface area contributed by atoms with Gasteiger partial charge in [0, 0.05) is 21.8 Å². The molecule has 0 aliphatic rings. The van der Waals surface area contributed by atoms with Gasteiger partial charge >= 0.3 is 11.8 Å². The van der Waals surface area contributed by atoms with E-state index in [-0.39, 0.29) is 30.9 Å². The Bertz CT molecular complexity index is 918. The number of hydrogen-bond acceptors (Lipinski definition) is 5. The van der Waals surface area contributed by atoms with E-state index in [2.05, 4.69) is 31.3 Å². The molecule has 2 rings (SSSR count). The zero-order chi connectivity index (χ0) is 20.2. The van der Waals surface area contributed by atoms with E-state index < -0.39 is 23.1 Å². The highest BCUT2D eigenvalue weighted by molar-refractivity contribution is 9.10. The molecule has 0 aliphatic heterocycles. The summed E-state index contributed by atoms with van der Waals surface area (Å²) < 4.78 is 34.2. The molecule has 0 saturated carbocycles. The molecular formula is C16H18BrF2N5O3. The molecule has 0 spiro atoms. The number of ether oxygens (including phenoxy) is 1. The molecule has 0 aromatic carbocycles. The standard InChI is InChI=1S/C16H18BrF2N5O3/c1-16(2,3)22-14(25)27-8-10(5-18)7-24-15(26)23(9-21-24)13-12(19)4-11(17)6-20-13/h4-6,9H,7-8H2,1-3H3,(H,22,25)/b10-5-. The van der Waals surface area contributed by atoms with Crippen LogP contribution in [0.4, 0.5) is 13.6 Å². The van der Waals surface area contributed by atoms with E-state index in [1.165, 1.54) is 6.20 Å². The number of alkyl carbamates (subject to hydrolysis) is 1. The third-order valence-corrected chi connectivity index (χ3v) is 3.56. The van der Waals surface area contributed by atoms with Crippen LogP contribution in [0.1, 0.15) is 20.8 Å². The highest BCUT2D eigenvalue weighted by atomic mass is 79.9. The van der Waals surface area contributed by atoms with Gasteiger partial charge in [0.05, 0.1) is 12.9 Å². The summed E-state index contributed by atoms with van der Waals surface area (Å²) in [5, 5.41) is 6.37. The first-order valence-electron chi connectivity index (χ1n) is 7.79. The summed E-state index contributed by atoms with van der Waals surface area (Å²) >= 11 is 3.08. The molecular weight excluding hydrogens is 428 g/mol. The van der Waals surface area contributed by atoms with E-state index in [1.807, 2.05) is 0 Å². The summed E-state index contributed by atoms with van der Waals surface area (Å²) in [6.45, 7) is 4.65. The lowest BCUT2D eigenvalue weighted by Gasteiger charge is -2.20. The highest BCUT2D eigenvalue weighted by Crippen LogP contribution is 2.14. The van der Waals surface area contributed by atoms with Gasteiger partial charge in [0.15, 0.2) is 11.6 Å². The Balaban J connectivity index is 2.10. The van der Waals surface area contributed by atoms with Crippen LogP contribution in [0.5, 0.6) is 0 Å². The van der Waals surface area contributed by atoms with Gasteiger partial charge in [0.25, 0.3) is 0 Å². The smallest absolute Gasteiger partial charge is 0.407 e. The normalized spacial score (nSPS) is 12.1. The molecule has 2 aromatic rings. The minimum absolute atomic E-state index is 0.00403. The van der Waals surface area contributed by atoms with Crippen molar-refractivity contribution in [3.05, 3.63) is 51.3 Å². The molecule has 0 fully saturated rings. The number of nitrogens with one attached hydrogen (secondary N) is 1. The number of nitrogens with zero attached hydrogens (tertiary/aromatic N) is 4. The largest absolute Gasteiger partial charge is 0.445 e. The van der Waals surface area contributed by atoms with Crippen molar-refractivity contribution in [1.82, 2.24) is 24.6 Å². The first-order valence-corrected chi connectivity index (χ1v) is 8.59. The maximum Gasteiger partial charge on any atom is 0.407 e. The van der Waals surface area contributed by atoms with Gasteiger partial charge in [-0.15, -0.1) is 0 Å². The number of hydrogen-bond donors (Lipinski definition) is 1.